The molecule has 2 aromatic rings. The Hall–Kier alpha value is -1.92. The molecule has 0 saturated carbocycles. The molecule has 0 amide bonds. The van der Waals surface area contributed by atoms with E-state index in [1.165, 1.54) is 0 Å². The van der Waals surface area contributed by atoms with Gasteiger partial charge in [-0.1, -0.05) is 11.8 Å². The topological polar surface area (TPSA) is 66.2 Å². The summed E-state index contributed by atoms with van der Waals surface area (Å²) < 4.78 is 5.20. The average molecular weight is 289 g/mol. The van der Waals surface area contributed by atoms with Gasteiger partial charge in [-0.2, -0.15) is 0 Å². The summed E-state index contributed by atoms with van der Waals surface area (Å²) in [6, 6.07) is 7.01. The van der Waals surface area contributed by atoms with E-state index in [0.29, 0.717) is 5.39 Å². The number of pyridine rings is 1. The molecule has 1 aromatic carbocycles. The zero-order valence-electron chi connectivity index (χ0n) is 11.2. The first-order valence-electron chi connectivity index (χ1n) is 6.22. The maximum absolute atomic E-state index is 12.2. The van der Waals surface area contributed by atoms with Gasteiger partial charge in [0.05, 0.1) is 24.0 Å². The van der Waals surface area contributed by atoms with Gasteiger partial charge in [-0.3, -0.25) is 10.1 Å². The Bertz CT molecular complexity index is 739. The van der Waals surface area contributed by atoms with Gasteiger partial charge in [0.2, 0.25) is 0 Å². The summed E-state index contributed by atoms with van der Waals surface area (Å²) in [5, 5.41) is 9.07. The minimum atomic E-state index is -0.00277. The maximum atomic E-state index is 12.2. The number of nitrogens with one attached hydrogen (secondary N) is 3. The highest BCUT2D eigenvalue weighted by molar-refractivity contribution is 8.03. The molecule has 1 unspecified atom stereocenters. The van der Waals surface area contributed by atoms with Crippen molar-refractivity contribution in [2.75, 3.05) is 14.2 Å². The Morgan fingerprint density at radius 3 is 2.90 bits per heavy atom. The predicted octanol–water partition coefficient (Wildman–Crippen LogP) is 1.67. The molecule has 0 aliphatic carbocycles. The van der Waals surface area contributed by atoms with E-state index >= 15 is 0 Å². The summed E-state index contributed by atoms with van der Waals surface area (Å²) >= 11 is 1.63. The zero-order chi connectivity index (χ0) is 14.1. The van der Waals surface area contributed by atoms with E-state index in [0.717, 1.165) is 22.7 Å². The number of aromatic nitrogens is 1. The van der Waals surface area contributed by atoms with Crippen molar-refractivity contribution in [2.24, 2.45) is 0 Å². The van der Waals surface area contributed by atoms with E-state index in [1.807, 2.05) is 18.5 Å². The second-order valence-corrected chi connectivity index (χ2v) is 5.42. The third kappa shape index (κ3) is 2.28. The van der Waals surface area contributed by atoms with Crippen LogP contribution in [0.1, 0.15) is 5.69 Å². The number of rotatable bonds is 3. The van der Waals surface area contributed by atoms with E-state index < -0.39 is 0 Å². The summed E-state index contributed by atoms with van der Waals surface area (Å²) in [6.45, 7) is 0. The van der Waals surface area contributed by atoms with Crippen molar-refractivity contribution in [3.05, 3.63) is 45.6 Å². The number of aromatic amines is 1. The number of hydrogen-bond donors (Lipinski definition) is 3. The first-order valence-corrected chi connectivity index (χ1v) is 7.16. The van der Waals surface area contributed by atoms with Gasteiger partial charge in [-0.15, -0.1) is 0 Å². The van der Waals surface area contributed by atoms with Gasteiger partial charge >= 0.3 is 0 Å². The van der Waals surface area contributed by atoms with Crippen molar-refractivity contribution in [2.45, 2.75) is 5.50 Å². The number of methoxy groups -OCH3 is 1. The minimum absolute atomic E-state index is 0.00277. The summed E-state index contributed by atoms with van der Waals surface area (Å²) in [6.07, 6.45) is 0. The van der Waals surface area contributed by atoms with Crippen molar-refractivity contribution < 1.29 is 4.74 Å². The second-order valence-electron chi connectivity index (χ2n) is 4.44. The van der Waals surface area contributed by atoms with Crippen LogP contribution in [0.3, 0.4) is 0 Å². The van der Waals surface area contributed by atoms with E-state index in [-0.39, 0.29) is 10.9 Å². The summed E-state index contributed by atoms with van der Waals surface area (Å²) in [7, 11) is 3.49. The van der Waals surface area contributed by atoms with Crippen molar-refractivity contribution in [3.8, 4) is 5.75 Å². The standard InChI is InChI=1S/C14H15N3O2S/c1-15-14-17-12(7-20-14)11-6-13(18)9-4-3-8(19-2)5-10(9)16-11/h3-7,14-15,17H,1-2H3,(H,16,18). The molecule has 1 aliphatic heterocycles. The minimum Gasteiger partial charge on any atom is -0.497 e. The lowest BCUT2D eigenvalue weighted by molar-refractivity contribution is 0.415. The van der Waals surface area contributed by atoms with Crippen LogP contribution in [0.5, 0.6) is 5.75 Å². The molecule has 0 spiro atoms. The Balaban J connectivity index is 2.07. The van der Waals surface area contributed by atoms with Crippen LogP contribution in [0.25, 0.3) is 16.6 Å². The zero-order valence-corrected chi connectivity index (χ0v) is 12.0. The first kappa shape index (κ1) is 13.1. The van der Waals surface area contributed by atoms with Crippen LogP contribution in [-0.2, 0) is 0 Å². The predicted molar refractivity (Wildman–Crippen MR) is 82.7 cm³/mol. The van der Waals surface area contributed by atoms with Gasteiger partial charge in [0, 0.05) is 17.5 Å². The molecule has 0 fully saturated rings. The second kappa shape index (κ2) is 5.22. The molecule has 5 nitrogen and oxygen atoms in total. The smallest absolute Gasteiger partial charge is 0.190 e. The number of hydrogen-bond acceptors (Lipinski definition) is 5. The normalized spacial score (nSPS) is 17.9. The molecular formula is C14H15N3O2S. The highest BCUT2D eigenvalue weighted by Crippen LogP contribution is 2.25. The lowest BCUT2D eigenvalue weighted by atomic mass is 10.1. The Labute approximate surface area is 120 Å². The van der Waals surface area contributed by atoms with Gasteiger partial charge in [0.25, 0.3) is 0 Å². The van der Waals surface area contributed by atoms with Gasteiger partial charge in [-0.05, 0) is 24.6 Å². The molecule has 2 heterocycles. The first-order chi connectivity index (χ1) is 9.71. The molecule has 1 aromatic heterocycles. The van der Waals surface area contributed by atoms with Crippen LogP contribution >= 0.6 is 11.8 Å². The number of thioether (sulfide) groups is 1. The molecule has 0 saturated heterocycles. The van der Waals surface area contributed by atoms with Crippen LogP contribution in [0.4, 0.5) is 0 Å². The molecule has 3 N–H and O–H groups in total. The van der Waals surface area contributed by atoms with E-state index in [2.05, 4.69) is 15.6 Å². The highest BCUT2D eigenvalue weighted by Gasteiger charge is 2.17. The number of ether oxygens (including phenoxy) is 1. The Morgan fingerprint density at radius 2 is 2.20 bits per heavy atom. The lowest BCUT2D eigenvalue weighted by Crippen LogP contribution is -2.32. The highest BCUT2D eigenvalue weighted by atomic mass is 32.2. The molecule has 3 rings (SSSR count). The van der Waals surface area contributed by atoms with Crippen LogP contribution < -0.4 is 20.8 Å². The van der Waals surface area contributed by atoms with Gasteiger partial charge < -0.3 is 15.0 Å². The van der Waals surface area contributed by atoms with Crippen molar-refractivity contribution in [1.82, 2.24) is 15.6 Å². The summed E-state index contributed by atoms with van der Waals surface area (Å²) in [4.78, 5) is 15.4. The molecule has 1 aliphatic rings. The molecule has 104 valence electrons. The van der Waals surface area contributed by atoms with Crippen molar-refractivity contribution in [3.63, 3.8) is 0 Å². The van der Waals surface area contributed by atoms with Crippen LogP contribution in [0.15, 0.2) is 34.5 Å². The lowest BCUT2D eigenvalue weighted by Gasteiger charge is -2.12. The SMILES string of the molecule is CNC1NC(c2cc(=O)c3ccc(OC)cc3[nH]2)=CS1. The van der Waals surface area contributed by atoms with Gasteiger partial charge in [-0.25, -0.2) is 0 Å². The molecular weight excluding hydrogens is 274 g/mol. The number of fused-ring (bicyclic) bond motifs is 1. The summed E-state index contributed by atoms with van der Waals surface area (Å²) in [5.74, 6) is 0.723. The third-order valence-electron chi connectivity index (χ3n) is 3.20. The van der Waals surface area contributed by atoms with E-state index in [4.69, 9.17) is 4.74 Å². The fraction of sp³-hybridized carbons (Fsp3) is 0.214. The third-order valence-corrected chi connectivity index (χ3v) is 4.20. The Kier molecular flexibility index (Phi) is 3.42. The largest absolute Gasteiger partial charge is 0.497 e. The van der Waals surface area contributed by atoms with Crippen LogP contribution in [0, 0.1) is 0 Å². The quantitative estimate of drug-likeness (QED) is 0.802. The maximum Gasteiger partial charge on any atom is 0.190 e. The summed E-state index contributed by atoms with van der Waals surface area (Å²) in [5.41, 5.74) is 2.59. The molecule has 6 heteroatoms. The van der Waals surface area contributed by atoms with E-state index in [9.17, 15) is 4.79 Å². The average Bonchev–Trinajstić information content (AvgIpc) is 2.95. The fourth-order valence-electron chi connectivity index (χ4n) is 2.13. The van der Waals surface area contributed by atoms with Gasteiger partial charge in [0.15, 0.2) is 5.43 Å². The monoisotopic (exact) mass is 289 g/mol. The fourth-order valence-corrected chi connectivity index (χ4v) is 2.93. The van der Waals surface area contributed by atoms with Crippen LogP contribution in [-0.4, -0.2) is 24.6 Å². The molecule has 1 atom stereocenters. The van der Waals surface area contributed by atoms with Crippen molar-refractivity contribution in [1.29, 1.82) is 0 Å². The van der Waals surface area contributed by atoms with Gasteiger partial charge in [0.1, 0.15) is 11.2 Å². The molecule has 0 radical (unpaired) electrons. The Morgan fingerprint density at radius 1 is 1.35 bits per heavy atom. The van der Waals surface area contributed by atoms with Crippen molar-refractivity contribution >= 4 is 28.4 Å². The van der Waals surface area contributed by atoms with Crippen LogP contribution in [0.2, 0.25) is 0 Å². The van der Waals surface area contributed by atoms with E-state index in [1.54, 1.807) is 37.1 Å². The molecule has 20 heavy (non-hydrogen) atoms. The number of benzene rings is 1. The number of H-pyrrole nitrogens is 1. The molecule has 0 bridgehead atoms.